The number of benzene rings is 1. The van der Waals surface area contributed by atoms with Crippen LogP contribution in [0.3, 0.4) is 0 Å². The maximum absolute atomic E-state index is 9.59. The average Bonchev–Trinajstić information content (AvgIpc) is 3.10. The minimum Gasteiger partial charge on any atom is -0.496 e. The summed E-state index contributed by atoms with van der Waals surface area (Å²) in [7, 11) is 1.61. The van der Waals surface area contributed by atoms with Crippen LogP contribution < -0.4 is 4.74 Å². The normalized spacial score (nSPS) is 10.9. The van der Waals surface area contributed by atoms with E-state index in [4.69, 9.17) is 4.74 Å². The van der Waals surface area contributed by atoms with Gasteiger partial charge in [0.1, 0.15) is 17.1 Å². The molecule has 114 valence electrons. The summed E-state index contributed by atoms with van der Waals surface area (Å²) in [5.74, 6) is 0.700. The van der Waals surface area contributed by atoms with Gasteiger partial charge in [0.05, 0.1) is 19.4 Å². The Bertz CT molecular complexity index is 790. The predicted octanol–water partition coefficient (Wildman–Crippen LogP) is 2.51. The molecule has 0 aliphatic rings. The Hall–Kier alpha value is -2.25. The summed E-state index contributed by atoms with van der Waals surface area (Å²) in [6.07, 6.45) is 0. The highest BCUT2D eigenvalue weighted by Crippen LogP contribution is 2.34. The van der Waals surface area contributed by atoms with Crippen LogP contribution in [-0.2, 0) is 6.61 Å². The molecule has 2 aromatic heterocycles. The van der Waals surface area contributed by atoms with Gasteiger partial charge in [-0.1, -0.05) is 28.7 Å². The molecule has 0 aliphatic carbocycles. The number of aliphatic hydroxyl groups excluding tert-OH is 1. The van der Waals surface area contributed by atoms with Gasteiger partial charge in [-0.25, -0.2) is 4.98 Å². The molecule has 0 atom stereocenters. The van der Waals surface area contributed by atoms with Crippen LogP contribution in [0.15, 0.2) is 24.3 Å². The van der Waals surface area contributed by atoms with Crippen molar-refractivity contribution in [1.29, 1.82) is 0 Å². The second kappa shape index (κ2) is 5.86. The Morgan fingerprint density at radius 2 is 2.05 bits per heavy atom. The monoisotopic (exact) mass is 316 g/mol. The van der Waals surface area contributed by atoms with E-state index in [9.17, 15) is 5.11 Å². The lowest BCUT2D eigenvalue weighted by atomic mass is 10.1. The zero-order valence-electron chi connectivity index (χ0n) is 12.6. The zero-order chi connectivity index (χ0) is 15.7. The van der Waals surface area contributed by atoms with Crippen molar-refractivity contribution in [3.63, 3.8) is 0 Å². The Morgan fingerprint density at radius 3 is 2.68 bits per heavy atom. The van der Waals surface area contributed by atoms with Gasteiger partial charge in [0.15, 0.2) is 0 Å². The fraction of sp³-hybridized carbons (Fsp3) is 0.267. The number of rotatable bonds is 4. The summed E-state index contributed by atoms with van der Waals surface area (Å²) >= 11 is 1.54. The van der Waals surface area contributed by atoms with Gasteiger partial charge in [0, 0.05) is 10.4 Å². The number of para-hydroxylation sites is 1. The third-order valence-electron chi connectivity index (χ3n) is 3.45. The van der Waals surface area contributed by atoms with E-state index in [1.54, 1.807) is 23.1 Å². The molecule has 0 aliphatic heterocycles. The molecular formula is C15H16N4O2S. The summed E-state index contributed by atoms with van der Waals surface area (Å²) in [6, 6.07) is 7.59. The second-order valence-corrected chi connectivity index (χ2v) is 5.97. The Labute approximate surface area is 132 Å². The molecule has 0 bridgehead atoms. The smallest absolute Gasteiger partial charge is 0.212 e. The van der Waals surface area contributed by atoms with E-state index in [-0.39, 0.29) is 6.61 Å². The van der Waals surface area contributed by atoms with E-state index in [1.807, 2.05) is 38.1 Å². The minimum absolute atomic E-state index is 0.198. The molecule has 0 radical (unpaired) electrons. The van der Waals surface area contributed by atoms with Crippen molar-refractivity contribution < 1.29 is 9.84 Å². The Morgan fingerprint density at radius 1 is 1.27 bits per heavy atom. The molecule has 6 nitrogen and oxygen atoms in total. The third-order valence-corrected chi connectivity index (χ3v) is 4.50. The SMILES string of the molecule is COc1ccccc1-c1c(CO)nnn1-c1nc(C)c(C)s1. The highest BCUT2D eigenvalue weighted by atomic mass is 32.1. The first-order chi connectivity index (χ1) is 10.7. The van der Waals surface area contributed by atoms with E-state index >= 15 is 0 Å². The molecule has 0 amide bonds. The van der Waals surface area contributed by atoms with Gasteiger partial charge in [0.25, 0.3) is 0 Å². The number of aromatic nitrogens is 4. The molecule has 1 aromatic carbocycles. The molecule has 22 heavy (non-hydrogen) atoms. The first-order valence-corrected chi connectivity index (χ1v) is 7.60. The van der Waals surface area contributed by atoms with Crippen molar-refractivity contribution in [2.45, 2.75) is 20.5 Å². The topological polar surface area (TPSA) is 73.1 Å². The molecule has 3 aromatic rings. The molecule has 0 unspecified atom stereocenters. The number of nitrogens with zero attached hydrogens (tertiary/aromatic N) is 4. The van der Waals surface area contributed by atoms with E-state index in [0.29, 0.717) is 17.1 Å². The Kier molecular flexibility index (Phi) is 3.91. The van der Waals surface area contributed by atoms with Gasteiger partial charge in [-0.2, -0.15) is 4.68 Å². The fourth-order valence-electron chi connectivity index (χ4n) is 2.21. The van der Waals surface area contributed by atoms with Gasteiger partial charge in [-0.3, -0.25) is 0 Å². The first-order valence-electron chi connectivity index (χ1n) is 6.79. The third kappa shape index (κ3) is 2.38. The van der Waals surface area contributed by atoms with Crippen molar-refractivity contribution in [2.75, 3.05) is 7.11 Å². The van der Waals surface area contributed by atoms with Crippen LogP contribution in [0.5, 0.6) is 5.75 Å². The van der Waals surface area contributed by atoms with Crippen LogP contribution in [-0.4, -0.2) is 32.2 Å². The summed E-state index contributed by atoms with van der Waals surface area (Å²) < 4.78 is 7.08. The van der Waals surface area contributed by atoms with Gasteiger partial charge >= 0.3 is 0 Å². The maximum Gasteiger partial charge on any atom is 0.212 e. The van der Waals surface area contributed by atoms with E-state index < -0.39 is 0 Å². The number of hydrogen-bond donors (Lipinski definition) is 1. The van der Waals surface area contributed by atoms with Crippen molar-refractivity contribution in [1.82, 2.24) is 20.0 Å². The van der Waals surface area contributed by atoms with Gasteiger partial charge in [-0.05, 0) is 26.0 Å². The summed E-state index contributed by atoms with van der Waals surface area (Å²) in [5.41, 5.74) is 2.99. The molecule has 0 saturated carbocycles. The van der Waals surface area contributed by atoms with Gasteiger partial charge in [-0.15, -0.1) is 5.10 Å². The van der Waals surface area contributed by atoms with Crippen molar-refractivity contribution in [3.8, 4) is 22.1 Å². The van der Waals surface area contributed by atoms with Crippen LogP contribution in [0.4, 0.5) is 0 Å². The molecule has 0 fully saturated rings. The summed E-state index contributed by atoms with van der Waals surface area (Å²) in [4.78, 5) is 5.65. The standard InChI is InChI=1S/C15H16N4O2S/c1-9-10(2)22-15(16-9)19-14(12(8-20)17-18-19)11-6-4-5-7-13(11)21-3/h4-7,20H,8H2,1-3H3. The zero-order valence-corrected chi connectivity index (χ0v) is 13.4. The van der Waals surface area contributed by atoms with Gasteiger partial charge in [0.2, 0.25) is 5.13 Å². The lowest BCUT2D eigenvalue weighted by molar-refractivity contribution is 0.277. The number of thiazole rings is 1. The number of ether oxygens (including phenoxy) is 1. The van der Waals surface area contributed by atoms with Crippen molar-refractivity contribution >= 4 is 11.3 Å². The summed E-state index contributed by atoms with van der Waals surface area (Å²) in [6.45, 7) is 3.78. The van der Waals surface area contributed by atoms with E-state index in [2.05, 4.69) is 15.3 Å². The quantitative estimate of drug-likeness (QED) is 0.800. The van der Waals surface area contributed by atoms with Crippen LogP contribution in [0.1, 0.15) is 16.3 Å². The number of hydrogen-bond acceptors (Lipinski definition) is 6. The van der Waals surface area contributed by atoms with Crippen molar-refractivity contribution in [3.05, 3.63) is 40.5 Å². The molecule has 3 rings (SSSR count). The summed E-state index contributed by atoms with van der Waals surface area (Å²) in [5, 5.41) is 18.6. The number of aliphatic hydroxyl groups is 1. The first kappa shape index (κ1) is 14.7. The van der Waals surface area contributed by atoms with Gasteiger partial charge < -0.3 is 9.84 Å². The lowest BCUT2D eigenvalue weighted by Crippen LogP contribution is -2.01. The lowest BCUT2D eigenvalue weighted by Gasteiger charge is -2.09. The van der Waals surface area contributed by atoms with E-state index in [0.717, 1.165) is 21.3 Å². The highest BCUT2D eigenvalue weighted by Gasteiger charge is 2.21. The van der Waals surface area contributed by atoms with Crippen LogP contribution in [0.2, 0.25) is 0 Å². The number of aryl methyl sites for hydroxylation is 2. The molecular weight excluding hydrogens is 300 g/mol. The van der Waals surface area contributed by atoms with Crippen molar-refractivity contribution in [2.24, 2.45) is 0 Å². The van der Waals surface area contributed by atoms with E-state index in [1.165, 1.54) is 0 Å². The van der Waals surface area contributed by atoms with Crippen LogP contribution in [0.25, 0.3) is 16.4 Å². The largest absolute Gasteiger partial charge is 0.496 e. The van der Waals surface area contributed by atoms with Crippen LogP contribution >= 0.6 is 11.3 Å². The molecule has 1 N–H and O–H groups in total. The minimum atomic E-state index is -0.198. The highest BCUT2D eigenvalue weighted by molar-refractivity contribution is 7.14. The molecule has 2 heterocycles. The number of methoxy groups -OCH3 is 1. The predicted molar refractivity (Wildman–Crippen MR) is 84.4 cm³/mol. The average molecular weight is 316 g/mol. The maximum atomic E-state index is 9.59. The molecule has 0 saturated heterocycles. The second-order valence-electron chi connectivity index (χ2n) is 4.79. The van der Waals surface area contributed by atoms with Crippen LogP contribution in [0, 0.1) is 13.8 Å². The molecule has 0 spiro atoms. The molecule has 7 heteroatoms. The fourth-order valence-corrected chi connectivity index (χ4v) is 3.07. The Balaban J connectivity index is 2.24.